The van der Waals surface area contributed by atoms with Crippen LogP contribution in [0.4, 0.5) is 0 Å². The molecule has 0 rings (SSSR count). The topological polar surface area (TPSA) is 105 Å². The summed E-state index contributed by atoms with van der Waals surface area (Å²) >= 11 is 0. The molecule has 0 aliphatic rings. The minimum atomic E-state index is -4.30. The number of allylic oxidation sites excluding steroid dienone is 8. The molecule has 0 saturated carbocycles. The van der Waals surface area contributed by atoms with Crippen LogP contribution in [0.3, 0.4) is 0 Å². The molecule has 0 heterocycles. The van der Waals surface area contributed by atoms with E-state index in [9.17, 15) is 19.4 Å². The number of quaternary nitrogens is 1. The van der Waals surface area contributed by atoms with Gasteiger partial charge in [0.2, 0.25) is 5.91 Å². The maximum atomic E-state index is 12.6. The Morgan fingerprint density at radius 3 is 2.05 bits per heavy atom. The molecule has 0 aromatic rings. The van der Waals surface area contributed by atoms with Gasteiger partial charge in [-0.05, 0) is 51.4 Å². The third-order valence-electron chi connectivity index (χ3n) is 6.34. The van der Waals surface area contributed by atoms with Crippen LogP contribution in [0, 0.1) is 0 Å². The number of carbonyl (C=O) groups is 1. The van der Waals surface area contributed by atoms with Gasteiger partial charge in [-0.3, -0.25) is 13.8 Å². The number of hydrogen-bond donors (Lipinski definition) is 3. The average Bonchev–Trinajstić information content (AvgIpc) is 2.90. The lowest BCUT2D eigenvalue weighted by molar-refractivity contribution is -0.870. The van der Waals surface area contributed by atoms with E-state index >= 15 is 0 Å². The second-order valence-corrected chi connectivity index (χ2v) is 12.9. The average molecular weight is 600 g/mol. The maximum absolute atomic E-state index is 12.6. The van der Waals surface area contributed by atoms with Gasteiger partial charge in [-0.2, -0.15) is 0 Å². The molecule has 0 fully saturated rings. The summed E-state index contributed by atoms with van der Waals surface area (Å²) in [5.41, 5.74) is 0. The summed E-state index contributed by atoms with van der Waals surface area (Å²) in [5.74, 6) is -0.199. The zero-order valence-electron chi connectivity index (χ0n) is 26.5. The van der Waals surface area contributed by atoms with Crippen molar-refractivity contribution in [1.29, 1.82) is 0 Å². The van der Waals surface area contributed by atoms with Gasteiger partial charge in [-0.25, -0.2) is 4.57 Å². The van der Waals surface area contributed by atoms with Crippen molar-refractivity contribution in [3.8, 4) is 0 Å². The molecule has 8 nitrogen and oxygen atoms in total. The number of phosphoric acid groups is 1. The van der Waals surface area contributed by atoms with Crippen LogP contribution in [0.2, 0.25) is 0 Å². The van der Waals surface area contributed by atoms with Gasteiger partial charge in [-0.1, -0.05) is 88.1 Å². The van der Waals surface area contributed by atoms with Gasteiger partial charge in [0.05, 0.1) is 39.9 Å². The van der Waals surface area contributed by atoms with Crippen molar-refractivity contribution in [3.63, 3.8) is 0 Å². The quantitative estimate of drug-likeness (QED) is 0.0428. The zero-order valence-corrected chi connectivity index (χ0v) is 27.4. The van der Waals surface area contributed by atoms with Crippen LogP contribution in [0.25, 0.3) is 0 Å². The van der Waals surface area contributed by atoms with Crippen molar-refractivity contribution in [2.45, 2.75) is 109 Å². The summed E-state index contributed by atoms with van der Waals surface area (Å²) in [5, 5.41) is 13.5. The first kappa shape index (κ1) is 39.5. The molecule has 9 heteroatoms. The van der Waals surface area contributed by atoms with E-state index < -0.39 is 20.0 Å². The number of amides is 1. The lowest BCUT2D eigenvalue weighted by Crippen LogP contribution is -2.46. The van der Waals surface area contributed by atoms with Crippen LogP contribution in [0.5, 0.6) is 0 Å². The predicted molar refractivity (Wildman–Crippen MR) is 170 cm³/mol. The molecule has 0 aromatic heterocycles. The first-order valence-electron chi connectivity index (χ1n) is 15.5. The van der Waals surface area contributed by atoms with Gasteiger partial charge < -0.3 is 19.8 Å². The molecule has 3 unspecified atom stereocenters. The minimum absolute atomic E-state index is 0.0627. The van der Waals surface area contributed by atoms with Gasteiger partial charge in [-0.15, -0.1) is 0 Å². The summed E-state index contributed by atoms with van der Waals surface area (Å²) in [6, 6.07) is -0.777. The maximum Gasteiger partial charge on any atom is 0.472 e. The summed E-state index contributed by atoms with van der Waals surface area (Å²) in [6.45, 7) is 4.56. The van der Waals surface area contributed by atoms with Gasteiger partial charge in [0.25, 0.3) is 0 Å². The van der Waals surface area contributed by atoms with E-state index in [2.05, 4.69) is 67.8 Å². The Labute approximate surface area is 250 Å². The molecular weight excluding hydrogens is 539 g/mol. The fraction of sp³-hybridized carbons (Fsp3) is 0.719. The molecule has 0 spiro atoms. The molecule has 41 heavy (non-hydrogen) atoms. The van der Waals surface area contributed by atoms with Crippen molar-refractivity contribution >= 4 is 13.7 Å². The Hall–Kier alpha value is -1.54. The van der Waals surface area contributed by atoms with E-state index in [1.54, 1.807) is 0 Å². The number of rotatable bonds is 26. The van der Waals surface area contributed by atoms with Crippen LogP contribution < -0.4 is 5.32 Å². The summed E-state index contributed by atoms with van der Waals surface area (Å²) < 4.78 is 23.2. The third kappa shape index (κ3) is 27.1. The highest BCUT2D eigenvalue weighted by Gasteiger charge is 2.28. The van der Waals surface area contributed by atoms with Crippen LogP contribution >= 0.6 is 7.82 Å². The van der Waals surface area contributed by atoms with Crippen molar-refractivity contribution < 1.29 is 32.9 Å². The Bertz CT molecular complexity index is 819. The van der Waals surface area contributed by atoms with E-state index in [1.165, 1.54) is 0 Å². The standard InChI is InChI=1S/C32H59N2O6P/c1-6-8-10-12-13-14-15-16-17-18-19-20-21-22-24-26-32(36)33-30(31(35)25-23-11-9-7-2)29-40-41(37,38)39-28-27-34(3,4)5/h8,10,13-14,16-17,19-20,30-31,35H,6-7,9,11-12,15,18,21-29H2,1-5H3,(H-,33,36,37,38)/p+1/b10-8-,14-13-,17-16-,20-19-. The number of carbonyl (C=O) groups excluding carboxylic acids is 1. The van der Waals surface area contributed by atoms with Gasteiger partial charge >= 0.3 is 7.82 Å². The molecule has 0 aliphatic heterocycles. The smallest absolute Gasteiger partial charge is 0.391 e. The minimum Gasteiger partial charge on any atom is -0.391 e. The molecule has 0 saturated heterocycles. The fourth-order valence-corrected chi connectivity index (χ4v) is 4.53. The monoisotopic (exact) mass is 599 g/mol. The second-order valence-electron chi connectivity index (χ2n) is 11.4. The lowest BCUT2D eigenvalue weighted by Gasteiger charge is -2.26. The highest BCUT2D eigenvalue weighted by molar-refractivity contribution is 7.47. The number of hydrogen-bond acceptors (Lipinski definition) is 5. The number of likely N-dealkylation sites (N-methyl/N-ethyl adjacent to an activating group) is 1. The fourth-order valence-electron chi connectivity index (χ4n) is 3.80. The number of phosphoric ester groups is 1. The van der Waals surface area contributed by atoms with Gasteiger partial charge in [0.1, 0.15) is 13.2 Å². The zero-order chi connectivity index (χ0) is 30.8. The summed E-state index contributed by atoms with van der Waals surface area (Å²) in [4.78, 5) is 22.7. The highest BCUT2D eigenvalue weighted by atomic mass is 31.2. The number of nitrogens with one attached hydrogen (secondary N) is 1. The van der Waals surface area contributed by atoms with Crippen LogP contribution in [-0.2, 0) is 18.4 Å². The van der Waals surface area contributed by atoms with Crippen molar-refractivity contribution in [2.24, 2.45) is 0 Å². The normalized spacial score (nSPS) is 15.8. The first-order valence-corrected chi connectivity index (χ1v) is 17.0. The van der Waals surface area contributed by atoms with E-state index in [-0.39, 0.29) is 19.1 Å². The van der Waals surface area contributed by atoms with E-state index in [0.29, 0.717) is 23.9 Å². The van der Waals surface area contributed by atoms with E-state index in [4.69, 9.17) is 9.05 Å². The molecule has 0 radical (unpaired) electrons. The van der Waals surface area contributed by atoms with Crippen LogP contribution in [0.15, 0.2) is 48.6 Å². The SMILES string of the molecule is CC/C=C\C/C=C\C/C=C\C/C=C\CCCCC(=O)NC(COP(=O)(O)OCC[N+](C)(C)C)C(O)CCCCCC. The lowest BCUT2D eigenvalue weighted by atomic mass is 10.0. The van der Waals surface area contributed by atoms with Crippen LogP contribution in [0.1, 0.15) is 97.3 Å². The Balaban J connectivity index is 4.47. The second kappa shape index (κ2) is 25.0. The largest absolute Gasteiger partial charge is 0.472 e. The number of nitrogens with zero attached hydrogens (tertiary/aromatic N) is 1. The Morgan fingerprint density at radius 1 is 0.854 bits per heavy atom. The molecule has 0 aromatic carbocycles. The molecule has 0 aliphatic carbocycles. The van der Waals surface area contributed by atoms with Crippen molar-refractivity contribution in [1.82, 2.24) is 5.32 Å². The van der Waals surface area contributed by atoms with E-state index in [1.807, 2.05) is 21.1 Å². The summed E-state index contributed by atoms with van der Waals surface area (Å²) in [7, 11) is 1.57. The predicted octanol–water partition coefficient (Wildman–Crippen LogP) is 7.01. The van der Waals surface area contributed by atoms with Crippen molar-refractivity contribution in [3.05, 3.63) is 48.6 Å². The molecule has 3 atom stereocenters. The van der Waals surface area contributed by atoms with Crippen molar-refractivity contribution in [2.75, 3.05) is 40.9 Å². The molecule has 0 bridgehead atoms. The molecule has 1 amide bonds. The number of unbranched alkanes of at least 4 members (excludes halogenated alkanes) is 5. The third-order valence-corrected chi connectivity index (χ3v) is 7.33. The highest BCUT2D eigenvalue weighted by Crippen LogP contribution is 2.43. The van der Waals surface area contributed by atoms with Gasteiger partial charge in [0.15, 0.2) is 0 Å². The Morgan fingerprint density at radius 2 is 1.46 bits per heavy atom. The number of aliphatic hydroxyl groups is 1. The summed E-state index contributed by atoms with van der Waals surface area (Å²) in [6.07, 6.45) is 27.6. The Kier molecular flexibility index (Phi) is 24.1. The van der Waals surface area contributed by atoms with Crippen LogP contribution in [-0.4, -0.2) is 73.4 Å². The number of aliphatic hydroxyl groups excluding tert-OH is 1. The van der Waals surface area contributed by atoms with Gasteiger partial charge in [0, 0.05) is 6.42 Å². The molecule has 3 N–H and O–H groups in total. The first-order chi connectivity index (χ1) is 19.5. The molecule has 238 valence electrons. The molecular formula is C32H60N2O6P+. The van der Waals surface area contributed by atoms with E-state index in [0.717, 1.165) is 70.6 Å².